The van der Waals surface area contributed by atoms with E-state index in [1.807, 2.05) is 24.3 Å². The highest BCUT2D eigenvalue weighted by atomic mass is 32.1. The van der Waals surface area contributed by atoms with E-state index in [2.05, 4.69) is 15.3 Å². The Labute approximate surface area is 161 Å². The summed E-state index contributed by atoms with van der Waals surface area (Å²) in [5, 5.41) is 2.88. The number of anilines is 1. The normalized spacial score (nSPS) is 11.5. The smallest absolute Gasteiger partial charge is 0.321 e. The number of amides is 1. The van der Waals surface area contributed by atoms with Gasteiger partial charge in [-0.3, -0.25) is 9.78 Å². The van der Waals surface area contributed by atoms with E-state index >= 15 is 0 Å². The summed E-state index contributed by atoms with van der Waals surface area (Å²) >= 11 is 1.36. The van der Waals surface area contributed by atoms with Crippen LogP contribution in [0.5, 0.6) is 0 Å². The summed E-state index contributed by atoms with van der Waals surface area (Å²) in [6.45, 7) is 0. The lowest BCUT2D eigenvalue weighted by atomic mass is 10.1. The third-order valence-corrected chi connectivity index (χ3v) is 5.07. The van der Waals surface area contributed by atoms with Gasteiger partial charge in [0, 0.05) is 6.20 Å². The molecule has 1 amide bonds. The lowest BCUT2D eigenvalue weighted by molar-refractivity contribution is -0.136. The molecule has 2 heterocycles. The number of hydrogen-bond donors (Lipinski definition) is 1. The number of nitrogens with zero attached hydrogens (tertiary/aromatic N) is 2. The Morgan fingerprint density at radius 3 is 2.50 bits per heavy atom. The quantitative estimate of drug-likeness (QED) is 0.486. The molecule has 0 atom stereocenters. The van der Waals surface area contributed by atoms with E-state index in [4.69, 9.17) is 0 Å². The maximum absolute atomic E-state index is 13.2. The Balaban J connectivity index is 1.72. The molecule has 140 valence electrons. The lowest BCUT2D eigenvalue weighted by Crippen LogP contribution is -2.17. The topological polar surface area (TPSA) is 54.9 Å². The van der Waals surface area contributed by atoms with E-state index in [9.17, 15) is 18.0 Å². The van der Waals surface area contributed by atoms with Gasteiger partial charge in [-0.1, -0.05) is 24.3 Å². The van der Waals surface area contributed by atoms with Gasteiger partial charge < -0.3 is 5.32 Å². The van der Waals surface area contributed by atoms with Crippen LogP contribution in [0.25, 0.3) is 20.9 Å². The minimum atomic E-state index is -4.57. The highest BCUT2D eigenvalue weighted by Crippen LogP contribution is 2.35. The van der Waals surface area contributed by atoms with Crippen molar-refractivity contribution >= 4 is 33.1 Å². The van der Waals surface area contributed by atoms with E-state index in [1.54, 1.807) is 6.07 Å². The molecule has 2 aromatic heterocycles. The fourth-order valence-electron chi connectivity index (χ4n) is 2.76. The number of hydrogen-bond acceptors (Lipinski definition) is 4. The molecule has 0 spiro atoms. The molecule has 0 saturated heterocycles. The molecule has 0 radical (unpaired) electrons. The van der Waals surface area contributed by atoms with E-state index in [0.717, 1.165) is 16.3 Å². The number of pyridine rings is 1. The van der Waals surface area contributed by atoms with Crippen molar-refractivity contribution < 1.29 is 18.0 Å². The first-order valence-corrected chi connectivity index (χ1v) is 9.03. The van der Waals surface area contributed by atoms with Crippen LogP contribution in [0, 0.1) is 0 Å². The van der Waals surface area contributed by atoms with Crippen molar-refractivity contribution in [1.82, 2.24) is 9.97 Å². The minimum Gasteiger partial charge on any atom is -0.321 e. The maximum Gasteiger partial charge on any atom is 0.418 e. The molecule has 0 aliphatic carbocycles. The number of rotatable bonds is 3. The average Bonchev–Trinajstić information content (AvgIpc) is 3.11. The number of aromatic nitrogens is 2. The van der Waals surface area contributed by atoms with Gasteiger partial charge in [0.25, 0.3) is 5.91 Å². The molecule has 0 unspecified atom stereocenters. The third-order valence-electron chi connectivity index (χ3n) is 4.03. The first kappa shape index (κ1) is 18.1. The summed E-state index contributed by atoms with van der Waals surface area (Å²) < 4.78 is 40.5. The molecule has 8 heteroatoms. The van der Waals surface area contributed by atoms with Crippen LogP contribution in [0.15, 0.2) is 66.9 Å². The van der Waals surface area contributed by atoms with Crippen LogP contribution < -0.4 is 5.32 Å². The molecule has 0 aliphatic heterocycles. The second kappa shape index (κ2) is 7.05. The van der Waals surface area contributed by atoms with Crippen molar-refractivity contribution in [3.05, 3.63) is 78.0 Å². The van der Waals surface area contributed by atoms with Gasteiger partial charge in [0.15, 0.2) is 0 Å². The summed E-state index contributed by atoms with van der Waals surface area (Å²) in [5.41, 5.74) is 0.0269. The average molecular weight is 399 g/mol. The number of benzene rings is 2. The van der Waals surface area contributed by atoms with Gasteiger partial charge in [-0.25, -0.2) is 4.98 Å². The molecule has 0 bridgehead atoms. The fourth-order valence-corrected chi connectivity index (χ4v) is 3.74. The van der Waals surface area contributed by atoms with Crippen LogP contribution in [0.3, 0.4) is 0 Å². The van der Waals surface area contributed by atoms with E-state index in [-0.39, 0.29) is 11.3 Å². The second-order valence-corrected chi connectivity index (χ2v) is 6.91. The van der Waals surface area contributed by atoms with Crippen LogP contribution in [-0.2, 0) is 6.18 Å². The van der Waals surface area contributed by atoms with Crippen molar-refractivity contribution in [3.63, 3.8) is 0 Å². The highest BCUT2D eigenvalue weighted by Gasteiger charge is 2.33. The molecule has 0 saturated carbocycles. The molecule has 4 rings (SSSR count). The van der Waals surface area contributed by atoms with Crippen LogP contribution in [0.1, 0.15) is 15.9 Å². The van der Waals surface area contributed by atoms with E-state index in [1.165, 1.54) is 41.8 Å². The molecule has 4 nitrogen and oxygen atoms in total. The fraction of sp³-hybridized carbons (Fsp3) is 0.0500. The first-order chi connectivity index (χ1) is 13.4. The predicted octanol–water partition coefficient (Wildman–Crippen LogP) is 5.63. The van der Waals surface area contributed by atoms with Gasteiger partial charge in [0.1, 0.15) is 10.7 Å². The lowest BCUT2D eigenvalue weighted by Gasteiger charge is -2.14. The van der Waals surface area contributed by atoms with Crippen molar-refractivity contribution in [2.24, 2.45) is 0 Å². The Morgan fingerprint density at radius 1 is 0.964 bits per heavy atom. The Morgan fingerprint density at radius 2 is 1.71 bits per heavy atom. The molecule has 0 fully saturated rings. The summed E-state index contributed by atoms with van der Waals surface area (Å²) in [6.07, 6.45) is -3.06. The van der Waals surface area contributed by atoms with Gasteiger partial charge >= 0.3 is 6.18 Å². The Hall–Kier alpha value is -3.26. The molecule has 28 heavy (non-hydrogen) atoms. The Kier molecular flexibility index (Phi) is 4.56. The third kappa shape index (κ3) is 3.46. The second-order valence-electron chi connectivity index (χ2n) is 5.88. The summed E-state index contributed by atoms with van der Waals surface area (Å²) in [5.74, 6) is -0.681. The van der Waals surface area contributed by atoms with Crippen LogP contribution >= 0.6 is 11.3 Å². The van der Waals surface area contributed by atoms with Crippen molar-refractivity contribution in [2.45, 2.75) is 6.18 Å². The summed E-state index contributed by atoms with van der Waals surface area (Å²) in [6, 6.07) is 15.4. The minimum absolute atomic E-state index is 0.151. The molecule has 0 aliphatic rings. The number of para-hydroxylation sites is 2. The molecular formula is C20H12F3N3OS. The highest BCUT2D eigenvalue weighted by molar-refractivity contribution is 7.21. The SMILES string of the molecule is O=C(Nc1ccccc1C(F)(F)F)c1cccnc1-c1nc2ccccc2s1. The standard InChI is InChI=1S/C20H12F3N3OS/c21-20(22,23)13-7-1-2-8-14(13)25-18(27)12-6-5-11-24-17(12)19-26-15-9-3-4-10-16(15)28-19/h1-11H,(H,25,27). The number of nitrogens with one attached hydrogen (secondary N) is 1. The summed E-state index contributed by atoms with van der Waals surface area (Å²) in [4.78, 5) is 21.5. The number of fused-ring (bicyclic) bond motifs is 1. The Bertz CT molecular complexity index is 1140. The van der Waals surface area contributed by atoms with Crippen LogP contribution in [0.4, 0.5) is 18.9 Å². The van der Waals surface area contributed by atoms with Crippen molar-refractivity contribution in [2.75, 3.05) is 5.32 Å². The van der Waals surface area contributed by atoms with E-state index in [0.29, 0.717) is 10.7 Å². The zero-order chi connectivity index (χ0) is 19.7. The van der Waals surface area contributed by atoms with Gasteiger partial charge in [-0.05, 0) is 36.4 Å². The number of carbonyl (C=O) groups is 1. The van der Waals surface area contributed by atoms with Gasteiger partial charge in [0.2, 0.25) is 0 Å². The largest absolute Gasteiger partial charge is 0.418 e. The predicted molar refractivity (Wildman–Crippen MR) is 102 cm³/mol. The molecular weight excluding hydrogens is 387 g/mol. The molecule has 4 aromatic rings. The maximum atomic E-state index is 13.2. The van der Waals surface area contributed by atoms with Crippen LogP contribution in [0.2, 0.25) is 0 Å². The van der Waals surface area contributed by atoms with Gasteiger partial charge in [0.05, 0.1) is 27.0 Å². The monoisotopic (exact) mass is 399 g/mol. The molecule has 2 aromatic carbocycles. The number of carbonyl (C=O) groups excluding carboxylic acids is 1. The first-order valence-electron chi connectivity index (χ1n) is 8.22. The zero-order valence-electron chi connectivity index (χ0n) is 14.2. The zero-order valence-corrected chi connectivity index (χ0v) is 15.0. The van der Waals surface area contributed by atoms with E-state index < -0.39 is 17.6 Å². The number of alkyl halides is 3. The summed E-state index contributed by atoms with van der Waals surface area (Å²) in [7, 11) is 0. The van der Waals surface area contributed by atoms with Crippen molar-refractivity contribution in [3.8, 4) is 10.7 Å². The molecule has 1 N–H and O–H groups in total. The number of halogens is 3. The van der Waals surface area contributed by atoms with Crippen molar-refractivity contribution in [1.29, 1.82) is 0 Å². The van der Waals surface area contributed by atoms with Gasteiger partial charge in [-0.15, -0.1) is 11.3 Å². The van der Waals surface area contributed by atoms with Crippen LogP contribution in [-0.4, -0.2) is 15.9 Å². The number of thiazole rings is 1. The van der Waals surface area contributed by atoms with Gasteiger partial charge in [-0.2, -0.15) is 13.2 Å².